The summed E-state index contributed by atoms with van der Waals surface area (Å²) in [7, 11) is 0. The van der Waals surface area contributed by atoms with Gasteiger partial charge in [-0.15, -0.1) is 11.3 Å². The van der Waals surface area contributed by atoms with Gasteiger partial charge in [0.05, 0.1) is 11.1 Å². The molecule has 0 saturated carbocycles. The Kier molecular flexibility index (Phi) is 6.02. The minimum absolute atomic E-state index is 0.0561. The Balaban J connectivity index is 1.53. The van der Waals surface area contributed by atoms with Crippen LogP contribution in [-0.2, 0) is 12.8 Å². The van der Waals surface area contributed by atoms with Crippen LogP contribution in [0.2, 0.25) is 0 Å². The van der Waals surface area contributed by atoms with E-state index in [0.717, 1.165) is 57.2 Å². The lowest BCUT2D eigenvalue weighted by molar-refractivity contribution is 0.0944. The van der Waals surface area contributed by atoms with Gasteiger partial charge in [-0.1, -0.05) is 0 Å². The molecule has 0 unspecified atom stereocenters. The van der Waals surface area contributed by atoms with Gasteiger partial charge in [-0.25, -0.2) is 0 Å². The lowest BCUT2D eigenvalue weighted by Crippen LogP contribution is -2.36. The van der Waals surface area contributed by atoms with E-state index in [2.05, 4.69) is 20.9 Å². The lowest BCUT2D eigenvalue weighted by atomic mass is 9.94. The molecule has 2 aromatic rings. The summed E-state index contributed by atoms with van der Waals surface area (Å²) >= 11 is 1.55. The summed E-state index contributed by atoms with van der Waals surface area (Å²) in [4.78, 5) is 30.9. The van der Waals surface area contributed by atoms with Gasteiger partial charge in [0.2, 0.25) is 0 Å². The van der Waals surface area contributed by atoms with Gasteiger partial charge in [-0.3, -0.25) is 14.6 Å². The molecule has 3 N–H and O–H groups in total. The van der Waals surface area contributed by atoms with Crippen LogP contribution in [-0.4, -0.2) is 36.4 Å². The van der Waals surface area contributed by atoms with E-state index in [9.17, 15) is 9.59 Å². The molecular weight excluding hydrogens is 372 g/mol. The fraction of sp³-hybridized carbons (Fsp3) is 0.476. The molecule has 0 aromatic carbocycles. The van der Waals surface area contributed by atoms with E-state index in [1.807, 2.05) is 0 Å². The van der Waals surface area contributed by atoms with Gasteiger partial charge < -0.3 is 16.0 Å². The summed E-state index contributed by atoms with van der Waals surface area (Å²) in [5.74, 6) is 0.242. The van der Waals surface area contributed by atoms with Gasteiger partial charge in [0, 0.05) is 23.8 Å². The molecule has 148 valence electrons. The Morgan fingerprint density at radius 3 is 2.79 bits per heavy atom. The highest BCUT2D eigenvalue weighted by atomic mass is 32.1. The molecule has 2 aromatic heterocycles. The normalized spacial score (nSPS) is 17.0. The van der Waals surface area contributed by atoms with E-state index in [0.29, 0.717) is 28.6 Å². The van der Waals surface area contributed by atoms with Gasteiger partial charge in [-0.2, -0.15) is 0 Å². The SMILES string of the molecule is O=C(Nc1sc2c(c1C(=O)NCC1CCNCC1)CCCC2)c1cccnc1. The second-order valence-corrected chi connectivity index (χ2v) is 8.62. The second-order valence-electron chi connectivity index (χ2n) is 7.51. The summed E-state index contributed by atoms with van der Waals surface area (Å²) in [6.07, 6.45) is 9.48. The molecule has 1 aliphatic heterocycles. The fourth-order valence-corrected chi connectivity index (χ4v) is 5.26. The van der Waals surface area contributed by atoms with Crippen LogP contribution in [0.15, 0.2) is 24.5 Å². The van der Waals surface area contributed by atoms with Gasteiger partial charge in [-0.05, 0) is 75.2 Å². The fourth-order valence-electron chi connectivity index (χ4n) is 3.98. The largest absolute Gasteiger partial charge is 0.352 e. The van der Waals surface area contributed by atoms with Crippen molar-refractivity contribution in [1.29, 1.82) is 0 Å². The van der Waals surface area contributed by atoms with Crippen molar-refractivity contribution in [1.82, 2.24) is 15.6 Å². The summed E-state index contributed by atoms with van der Waals surface area (Å²) in [5.41, 5.74) is 2.29. The summed E-state index contributed by atoms with van der Waals surface area (Å²) in [6.45, 7) is 2.72. The number of hydrogen-bond acceptors (Lipinski definition) is 5. The topological polar surface area (TPSA) is 83.1 Å². The van der Waals surface area contributed by atoms with Crippen molar-refractivity contribution in [2.24, 2.45) is 5.92 Å². The Morgan fingerprint density at radius 2 is 2.00 bits per heavy atom. The molecule has 0 bridgehead atoms. The third kappa shape index (κ3) is 4.25. The Bertz CT molecular complexity index is 844. The number of aryl methyl sites for hydroxylation is 1. The molecule has 4 rings (SSSR count). The highest BCUT2D eigenvalue weighted by molar-refractivity contribution is 7.17. The Hall–Kier alpha value is -2.25. The number of anilines is 1. The third-order valence-electron chi connectivity index (χ3n) is 5.56. The third-order valence-corrected chi connectivity index (χ3v) is 6.77. The van der Waals surface area contributed by atoms with Gasteiger partial charge in [0.25, 0.3) is 11.8 Å². The molecule has 0 atom stereocenters. The first-order valence-electron chi connectivity index (χ1n) is 10.1. The highest BCUT2D eigenvalue weighted by Crippen LogP contribution is 2.38. The van der Waals surface area contributed by atoms with E-state index in [4.69, 9.17) is 0 Å². The number of pyridine rings is 1. The van der Waals surface area contributed by atoms with E-state index in [-0.39, 0.29) is 11.8 Å². The number of aromatic nitrogens is 1. The van der Waals surface area contributed by atoms with Crippen LogP contribution in [0.5, 0.6) is 0 Å². The van der Waals surface area contributed by atoms with Crippen LogP contribution in [0.4, 0.5) is 5.00 Å². The standard InChI is InChI=1S/C21H26N4O2S/c26-19(15-4-3-9-23-13-15)25-21-18(16-5-1-2-6-17(16)28-21)20(27)24-12-14-7-10-22-11-8-14/h3-4,9,13-14,22H,1-2,5-8,10-12H2,(H,24,27)(H,25,26). The number of carbonyl (C=O) groups is 2. The number of carbonyl (C=O) groups excluding carboxylic acids is 2. The molecular formula is C21H26N4O2S. The van der Waals surface area contributed by atoms with Crippen molar-refractivity contribution in [3.63, 3.8) is 0 Å². The quantitative estimate of drug-likeness (QED) is 0.723. The van der Waals surface area contributed by atoms with Crippen LogP contribution < -0.4 is 16.0 Å². The molecule has 0 radical (unpaired) electrons. The number of thiophene rings is 1. The maximum Gasteiger partial charge on any atom is 0.257 e. The first-order chi connectivity index (χ1) is 13.7. The monoisotopic (exact) mass is 398 g/mol. The molecule has 3 heterocycles. The van der Waals surface area contributed by atoms with Crippen molar-refractivity contribution in [2.45, 2.75) is 38.5 Å². The molecule has 28 heavy (non-hydrogen) atoms. The van der Waals surface area contributed by atoms with E-state index >= 15 is 0 Å². The average Bonchev–Trinajstić information content (AvgIpc) is 3.11. The predicted octanol–water partition coefficient (Wildman–Crippen LogP) is 3.00. The molecule has 2 amide bonds. The van der Waals surface area contributed by atoms with Crippen molar-refractivity contribution in [2.75, 3.05) is 25.0 Å². The summed E-state index contributed by atoms with van der Waals surface area (Å²) in [6, 6.07) is 3.47. The number of hydrogen-bond donors (Lipinski definition) is 3. The number of piperidine rings is 1. The van der Waals surface area contributed by atoms with Crippen molar-refractivity contribution < 1.29 is 9.59 Å². The first kappa shape index (κ1) is 19.1. The minimum Gasteiger partial charge on any atom is -0.352 e. The van der Waals surface area contributed by atoms with Crippen molar-refractivity contribution >= 4 is 28.2 Å². The van der Waals surface area contributed by atoms with Crippen LogP contribution in [0.25, 0.3) is 0 Å². The molecule has 7 heteroatoms. The molecule has 1 fully saturated rings. The van der Waals surface area contributed by atoms with Crippen molar-refractivity contribution in [3.8, 4) is 0 Å². The van der Waals surface area contributed by atoms with Crippen LogP contribution in [0.1, 0.15) is 56.8 Å². The highest BCUT2D eigenvalue weighted by Gasteiger charge is 2.27. The zero-order valence-corrected chi connectivity index (χ0v) is 16.7. The summed E-state index contributed by atoms with van der Waals surface area (Å²) < 4.78 is 0. The predicted molar refractivity (Wildman–Crippen MR) is 111 cm³/mol. The van der Waals surface area contributed by atoms with Crippen LogP contribution in [0.3, 0.4) is 0 Å². The molecule has 6 nitrogen and oxygen atoms in total. The molecule has 0 spiro atoms. The van der Waals surface area contributed by atoms with Crippen LogP contribution >= 0.6 is 11.3 Å². The molecule has 1 saturated heterocycles. The summed E-state index contributed by atoms with van der Waals surface area (Å²) in [5, 5.41) is 10.1. The van der Waals surface area contributed by atoms with Gasteiger partial charge in [0.1, 0.15) is 5.00 Å². The Morgan fingerprint density at radius 1 is 1.18 bits per heavy atom. The minimum atomic E-state index is -0.223. The van der Waals surface area contributed by atoms with E-state index < -0.39 is 0 Å². The number of rotatable bonds is 5. The number of nitrogens with zero attached hydrogens (tertiary/aromatic N) is 1. The Labute approximate surface area is 169 Å². The number of fused-ring (bicyclic) bond motifs is 1. The van der Waals surface area contributed by atoms with Crippen molar-refractivity contribution in [3.05, 3.63) is 46.1 Å². The zero-order chi connectivity index (χ0) is 19.3. The van der Waals surface area contributed by atoms with E-state index in [1.54, 1.807) is 35.9 Å². The zero-order valence-electron chi connectivity index (χ0n) is 15.9. The van der Waals surface area contributed by atoms with Gasteiger partial charge in [0.15, 0.2) is 0 Å². The maximum absolute atomic E-state index is 13.1. The smallest absolute Gasteiger partial charge is 0.257 e. The number of amides is 2. The number of nitrogens with one attached hydrogen (secondary N) is 3. The average molecular weight is 399 g/mol. The first-order valence-corrected chi connectivity index (χ1v) is 10.9. The van der Waals surface area contributed by atoms with Gasteiger partial charge >= 0.3 is 0 Å². The molecule has 2 aliphatic rings. The maximum atomic E-state index is 13.1. The second kappa shape index (κ2) is 8.84. The molecule has 1 aliphatic carbocycles. The lowest BCUT2D eigenvalue weighted by Gasteiger charge is -2.23. The van der Waals surface area contributed by atoms with Crippen LogP contribution in [0, 0.1) is 5.92 Å². The van der Waals surface area contributed by atoms with E-state index in [1.165, 1.54) is 4.88 Å².